The number of aryl methyl sites for hydroxylation is 1. The van der Waals surface area contributed by atoms with Gasteiger partial charge in [-0.25, -0.2) is 5.43 Å². The van der Waals surface area contributed by atoms with Crippen molar-refractivity contribution in [1.29, 1.82) is 5.26 Å². The molecule has 0 bridgehead atoms. The van der Waals surface area contributed by atoms with Crippen molar-refractivity contribution in [2.24, 2.45) is 5.10 Å². The summed E-state index contributed by atoms with van der Waals surface area (Å²) in [6.45, 7) is 1.59. The third kappa shape index (κ3) is 5.03. The molecule has 1 aromatic carbocycles. The van der Waals surface area contributed by atoms with Crippen LogP contribution in [0, 0.1) is 18.3 Å². The van der Waals surface area contributed by atoms with Gasteiger partial charge in [0.2, 0.25) is 0 Å². The average molecular weight is 368 g/mol. The van der Waals surface area contributed by atoms with E-state index in [1.807, 2.05) is 6.07 Å². The molecule has 0 aliphatic heterocycles. The van der Waals surface area contributed by atoms with Crippen molar-refractivity contribution in [1.82, 2.24) is 9.99 Å². The smallest absolute Gasteiger partial charge is 0.269 e. The van der Waals surface area contributed by atoms with Gasteiger partial charge in [-0.2, -0.15) is 10.4 Å². The van der Waals surface area contributed by atoms with Crippen LogP contribution in [0.4, 0.5) is 0 Å². The summed E-state index contributed by atoms with van der Waals surface area (Å²) in [5.74, 6) is 0.190. The van der Waals surface area contributed by atoms with Crippen LogP contribution < -0.4 is 15.7 Å². The molecule has 0 spiro atoms. The van der Waals surface area contributed by atoms with Gasteiger partial charge in [0.1, 0.15) is 23.9 Å². The molecule has 1 heterocycles. The summed E-state index contributed by atoms with van der Waals surface area (Å²) in [5.41, 5.74) is 3.61. The third-order valence-electron chi connectivity index (χ3n) is 3.80. The van der Waals surface area contributed by atoms with Crippen molar-refractivity contribution in [2.45, 2.75) is 20.1 Å². The van der Waals surface area contributed by atoms with Gasteiger partial charge < -0.3 is 14.0 Å². The van der Waals surface area contributed by atoms with Gasteiger partial charge in [0.15, 0.2) is 0 Å². The number of benzene rings is 1. The molecule has 0 aliphatic rings. The number of nitrogens with one attached hydrogen (secondary N) is 1. The number of aromatic nitrogens is 1. The van der Waals surface area contributed by atoms with E-state index in [1.54, 1.807) is 44.4 Å². The van der Waals surface area contributed by atoms with E-state index in [-0.39, 0.29) is 18.7 Å². The molecule has 0 saturated carbocycles. The average Bonchev–Trinajstić information content (AvgIpc) is 2.66. The van der Waals surface area contributed by atoms with Crippen molar-refractivity contribution in [3.63, 3.8) is 0 Å². The first kappa shape index (κ1) is 19.9. The molecule has 2 aromatic rings. The number of hydrazone groups is 1. The molecule has 8 heteroatoms. The Hall–Kier alpha value is -3.44. The first-order chi connectivity index (χ1) is 13.0. The lowest BCUT2D eigenvalue weighted by molar-refractivity contribution is -0.121. The van der Waals surface area contributed by atoms with Gasteiger partial charge in [-0.15, -0.1) is 0 Å². The van der Waals surface area contributed by atoms with Crippen LogP contribution in [-0.4, -0.2) is 30.9 Å². The molecular formula is C19H20N4O4. The summed E-state index contributed by atoms with van der Waals surface area (Å²) in [6, 6.07) is 10.7. The van der Waals surface area contributed by atoms with Crippen molar-refractivity contribution in [3.8, 4) is 11.8 Å². The first-order valence-electron chi connectivity index (χ1n) is 8.08. The topological polar surface area (TPSA) is 106 Å². The Balaban J connectivity index is 2.12. The van der Waals surface area contributed by atoms with E-state index < -0.39 is 11.5 Å². The fourth-order valence-electron chi connectivity index (χ4n) is 2.50. The molecule has 1 N–H and O–H groups in total. The number of hydrogen-bond acceptors (Lipinski definition) is 6. The summed E-state index contributed by atoms with van der Waals surface area (Å²) in [7, 11) is 3.04. The quantitative estimate of drug-likeness (QED) is 0.586. The molecule has 0 unspecified atom stereocenters. The molecule has 0 aliphatic carbocycles. The fourth-order valence-corrected chi connectivity index (χ4v) is 2.50. The number of methoxy groups -OCH3 is 2. The molecule has 2 rings (SSSR count). The van der Waals surface area contributed by atoms with Gasteiger partial charge >= 0.3 is 0 Å². The van der Waals surface area contributed by atoms with Crippen molar-refractivity contribution in [3.05, 3.63) is 63.1 Å². The number of pyridine rings is 1. The Morgan fingerprint density at radius 1 is 1.37 bits per heavy atom. The lowest BCUT2D eigenvalue weighted by atomic mass is 10.1. The third-order valence-corrected chi connectivity index (χ3v) is 3.80. The molecule has 140 valence electrons. The van der Waals surface area contributed by atoms with E-state index in [4.69, 9.17) is 9.47 Å². The van der Waals surface area contributed by atoms with E-state index in [0.29, 0.717) is 17.0 Å². The van der Waals surface area contributed by atoms with Gasteiger partial charge in [0.25, 0.3) is 11.5 Å². The van der Waals surface area contributed by atoms with Crippen LogP contribution in [0.2, 0.25) is 0 Å². The number of nitrogens with zero attached hydrogens (tertiary/aromatic N) is 3. The molecule has 27 heavy (non-hydrogen) atoms. The summed E-state index contributed by atoms with van der Waals surface area (Å²) in [6.07, 6.45) is 1.47. The SMILES string of the molecule is COCc1cc(C)n(CC(=O)N/N=C\c2cccc(OC)c2)c(=O)c1C#N. The molecule has 0 fully saturated rings. The molecule has 0 saturated heterocycles. The van der Waals surface area contributed by atoms with Gasteiger partial charge in [-0.1, -0.05) is 12.1 Å². The van der Waals surface area contributed by atoms with Crippen molar-refractivity contribution in [2.75, 3.05) is 14.2 Å². The van der Waals surface area contributed by atoms with Crippen LogP contribution in [-0.2, 0) is 22.7 Å². The van der Waals surface area contributed by atoms with Gasteiger partial charge in [0, 0.05) is 18.4 Å². The second-order valence-electron chi connectivity index (χ2n) is 5.69. The minimum atomic E-state index is -0.531. The van der Waals surface area contributed by atoms with E-state index in [1.165, 1.54) is 17.9 Å². The Morgan fingerprint density at radius 3 is 2.81 bits per heavy atom. The largest absolute Gasteiger partial charge is 0.497 e. The maximum absolute atomic E-state index is 12.5. The Morgan fingerprint density at radius 2 is 2.15 bits per heavy atom. The Kier molecular flexibility index (Phi) is 6.86. The zero-order valence-electron chi connectivity index (χ0n) is 15.4. The van der Waals surface area contributed by atoms with Gasteiger partial charge in [-0.3, -0.25) is 9.59 Å². The predicted octanol–water partition coefficient (Wildman–Crippen LogP) is 1.33. The number of hydrogen-bond donors (Lipinski definition) is 1. The molecule has 0 atom stereocenters. The van der Waals surface area contributed by atoms with Crippen LogP contribution >= 0.6 is 0 Å². The summed E-state index contributed by atoms with van der Waals surface area (Å²) in [5, 5.41) is 13.1. The van der Waals surface area contributed by atoms with Crippen LogP contribution in [0.25, 0.3) is 0 Å². The standard InChI is InChI=1S/C19H20N4O4/c1-13-7-15(12-26-2)17(9-20)19(25)23(13)11-18(24)22-21-10-14-5-4-6-16(8-14)27-3/h4-8,10H,11-12H2,1-3H3,(H,22,24)/b21-10-. The Labute approximate surface area is 156 Å². The number of ether oxygens (including phenoxy) is 2. The minimum absolute atomic E-state index is 0.0323. The number of carbonyl (C=O) groups excluding carboxylic acids is 1. The number of nitriles is 1. The molecule has 8 nitrogen and oxygen atoms in total. The second kappa shape index (κ2) is 9.31. The summed E-state index contributed by atoms with van der Waals surface area (Å²) >= 11 is 0. The number of amides is 1. The van der Waals surface area contributed by atoms with Crippen LogP contribution in [0.15, 0.2) is 40.2 Å². The zero-order valence-corrected chi connectivity index (χ0v) is 15.4. The maximum atomic E-state index is 12.5. The summed E-state index contributed by atoms with van der Waals surface area (Å²) < 4.78 is 11.4. The maximum Gasteiger partial charge on any atom is 0.269 e. The molecule has 0 radical (unpaired) electrons. The van der Waals surface area contributed by atoms with Crippen LogP contribution in [0.5, 0.6) is 5.75 Å². The van der Waals surface area contributed by atoms with Crippen LogP contribution in [0.3, 0.4) is 0 Å². The monoisotopic (exact) mass is 368 g/mol. The molecular weight excluding hydrogens is 348 g/mol. The van der Waals surface area contributed by atoms with Crippen molar-refractivity contribution >= 4 is 12.1 Å². The van der Waals surface area contributed by atoms with Crippen LogP contribution in [0.1, 0.15) is 22.4 Å². The highest BCUT2D eigenvalue weighted by molar-refractivity contribution is 5.82. The zero-order chi connectivity index (χ0) is 19.8. The molecule has 1 aromatic heterocycles. The van der Waals surface area contributed by atoms with E-state index >= 15 is 0 Å². The lowest BCUT2D eigenvalue weighted by Gasteiger charge is -2.12. The fraction of sp³-hybridized carbons (Fsp3) is 0.263. The Bertz CT molecular complexity index is 957. The number of rotatable bonds is 7. The van der Waals surface area contributed by atoms with Gasteiger partial charge in [-0.05, 0) is 30.7 Å². The highest BCUT2D eigenvalue weighted by Crippen LogP contribution is 2.11. The second-order valence-corrected chi connectivity index (χ2v) is 5.69. The van der Waals surface area contributed by atoms with E-state index in [0.717, 1.165) is 5.56 Å². The first-order valence-corrected chi connectivity index (χ1v) is 8.08. The van der Waals surface area contributed by atoms with E-state index in [2.05, 4.69) is 10.5 Å². The summed E-state index contributed by atoms with van der Waals surface area (Å²) in [4.78, 5) is 24.6. The number of carbonyl (C=O) groups is 1. The lowest BCUT2D eigenvalue weighted by Crippen LogP contribution is -2.33. The van der Waals surface area contributed by atoms with E-state index in [9.17, 15) is 14.9 Å². The van der Waals surface area contributed by atoms with Crippen molar-refractivity contribution < 1.29 is 14.3 Å². The normalized spacial score (nSPS) is 10.6. The highest BCUT2D eigenvalue weighted by atomic mass is 16.5. The predicted molar refractivity (Wildman–Crippen MR) is 99.6 cm³/mol. The minimum Gasteiger partial charge on any atom is -0.497 e. The molecule has 1 amide bonds. The van der Waals surface area contributed by atoms with Gasteiger partial charge in [0.05, 0.1) is 19.9 Å². The highest BCUT2D eigenvalue weighted by Gasteiger charge is 2.14.